The number of hydrogen-bond donors (Lipinski definition) is 4. The Bertz CT molecular complexity index is 402. The quantitative estimate of drug-likeness (QED) is 0.619. The van der Waals surface area contributed by atoms with Crippen LogP contribution >= 0.6 is 0 Å². The first-order chi connectivity index (χ1) is 8.59. The van der Waals surface area contributed by atoms with E-state index in [2.05, 4.69) is 0 Å². The van der Waals surface area contributed by atoms with Gasteiger partial charge in [0.05, 0.1) is 12.1 Å². The summed E-state index contributed by atoms with van der Waals surface area (Å²) in [6.07, 6.45) is 4.97. The monoisotopic (exact) mass is 251 g/mol. The molecular formula is C14H21NO3. The minimum atomic E-state index is -0.589. The highest BCUT2D eigenvalue weighted by Gasteiger charge is 2.27. The topological polar surface area (TPSA) is 86.7 Å². The van der Waals surface area contributed by atoms with Crippen molar-refractivity contribution in [2.75, 3.05) is 0 Å². The Morgan fingerprint density at radius 3 is 2.33 bits per heavy atom. The van der Waals surface area contributed by atoms with Crippen molar-refractivity contribution in [1.29, 1.82) is 0 Å². The summed E-state index contributed by atoms with van der Waals surface area (Å²) in [7, 11) is 0. The number of aliphatic hydroxyl groups excluding tert-OH is 1. The summed E-state index contributed by atoms with van der Waals surface area (Å²) >= 11 is 0. The van der Waals surface area contributed by atoms with E-state index in [1.807, 2.05) is 0 Å². The number of phenols is 2. The Kier molecular flexibility index (Phi) is 4.09. The minimum Gasteiger partial charge on any atom is -0.504 e. The van der Waals surface area contributed by atoms with E-state index < -0.39 is 12.1 Å². The number of benzene rings is 1. The van der Waals surface area contributed by atoms with Crippen LogP contribution in [-0.4, -0.2) is 21.4 Å². The van der Waals surface area contributed by atoms with Crippen LogP contribution in [0.5, 0.6) is 11.5 Å². The molecule has 0 spiro atoms. The molecule has 0 radical (unpaired) electrons. The van der Waals surface area contributed by atoms with Crippen LogP contribution in [0.1, 0.15) is 43.7 Å². The van der Waals surface area contributed by atoms with Crippen LogP contribution in [0, 0.1) is 5.92 Å². The van der Waals surface area contributed by atoms with E-state index >= 15 is 0 Å². The molecule has 0 heterocycles. The molecule has 1 aliphatic carbocycles. The van der Waals surface area contributed by atoms with Crippen LogP contribution in [0.15, 0.2) is 18.2 Å². The molecular weight excluding hydrogens is 230 g/mol. The van der Waals surface area contributed by atoms with Crippen LogP contribution in [0.2, 0.25) is 0 Å². The predicted octanol–water partition coefficient (Wildman–Crippen LogP) is 2.04. The lowest BCUT2D eigenvalue weighted by Gasteiger charge is -2.30. The van der Waals surface area contributed by atoms with E-state index in [9.17, 15) is 15.3 Å². The maximum Gasteiger partial charge on any atom is 0.157 e. The third-order valence-electron chi connectivity index (χ3n) is 3.89. The molecule has 1 aromatic rings. The van der Waals surface area contributed by atoms with Crippen molar-refractivity contribution in [3.63, 3.8) is 0 Å². The largest absolute Gasteiger partial charge is 0.504 e. The molecule has 0 bridgehead atoms. The SMILES string of the molecule is N[C@@H](c1ccc(O)c(O)c1)[C@H](O)C1CCCCC1. The Morgan fingerprint density at radius 2 is 1.72 bits per heavy atom. The van der Waals surface area contributed by atoms with E-state index in [0.717, 1.165) is 25.7 Å². The highest BCUT2D eigenvalue weighted by Crippen LogP contribution is 2.33. The average Bonchev–Trinajstić information content (AvgIpc) is 2.41. The number of aliphatic hydroxyl groups is 1. The summed E-state index contributed by atoms with van der Waals surface area (Å²) in [5, 5.41) is 29.0. The van der Waals surface area contributed by atoms with E-state index in [4.69, 9.17) is 5.73 Å². The molecule has 0 amide bonds. The van der Waals surface area contributed by atoms with Crippen LogP contribution in [0.4, 0.5) is 0 Å². The van der Waals surface area contributed by atoms with Crippen molar-refractivity contribution in [3.8, 4) is 11.5 Å². The zero-order valence-electron chi connectivity index (χ0n) is 10.4. The molecule has 1 aromatic carbocycles. The van der Waals surface area contributed by atoms with Gasteiger partial charge in [0.25, 0.3) is 0 Å². The van der Waals surface area contributed by atoms with Gasteiger partial charge in [-0.2, -0.15) is 0 Å². The average molecular weight is 251 g/mol. The molecule has 100 valence electrons. The van der Waals surface area contributed by atoms with Gasteiger partial charge < -0.3 is 21.1 Å². The summed E-state index contributed by atoms with van der Waals surface area (Å²) in [6, 6.07) is 3.95. The standard InChI is InChI=1S/C14H21NO3/c15-13(10-6-7-11(16)12(17)8-10)14(18)9-4-2-1-3-5-9/h6-9,13-14,16-18H,1-5,15H2/t13-,14+/m0/s1. The van der Waals surface area contributed by atoms with Gasteiger partial charge in [0, 0.05) is 0 Å². The molecule has 1 saturated carbocycles. The fourth-order valence-corrected chi connectivity index (χ4v) is 2.71. The molecule has 1 aliphatic rings. The number of hydrogen-bond acceptors (Lipinski definition) is 4. The number of nitrogens with two attached hydrogens (primary N) is 1. The number of aromatic hydroxyl groups is 2. The fraction of sp³-hybridized carbons (Fsp3) is 0.571. The lowest BCUT2D eigenvalue weighted by atomic mass is 9.81. The van der Waals surface area contributed by atoms with E-state index in [0.29, 0.717) is 5.56 Å². The molecule has 0 aliphatic heterocycles. The van der Waals surface area contributed by atoms with Gasteiger partial charge in [-0.15, -0.1) is 0 Å². The number of phenolic OH excluding ortho intramolecular Hbond substituents is 2. The van der Waals surface area contributed by atoms with Crippen LogP contribution in [0.25, 0.3) is 0 Å². The Labute approximate surface area is 107 Å². The van der Waals surface area contributed by atoms with Crippen molar-refractivity contribution < 1.29 is 15.3 Å². The maximum absolute atomic E-state index is 10.3. The lowest BCUT2D eigenvalue weighted by Crippen LogP contribution is -2.34. The van der Waals surface area contributed by atoms with Crippen molar-refractivity contribution in [1.82, 2.24) is 0 Å². The molecule has 2 atom stereocenters. The van der Waals surface area contributed by atoms with Crippen molar-refractivity contribution >= 4 is 0 Å². The molecule has 2 rings (SSSR count). The van der Waals surface area contributed by atoms with E-state index in [-0.39, 0.29) is 17.4 Å². The molecule has 0 aromatic heterocycles. The predicted molar refractivity (Wildman–Crippen MR) is 69.3 cm³/mol. The summed E-state index contributed by atoms with van der Waals surface area (Å²) in [5.41, 5.74) is 6.70. The molecule has 18 heavy (non-hydrogen) atoms. The molecule has 1 fully saturated rings. The maximum atomic E-state index is 10.3. The molecule has 0 saturated heterocycles. The first-order valence-electron chi connectivity index (χ1n) is 6.55. The second-order valence-electron chi connectivity index (χ2n) is 5.16. The van der Waals surface area contributed by atoms with Gasteiger partial charge in [-0.05, 0) is 36.5 Å². The highest BCUT2D eigenvalue weighted by atomic mass is 16.3. The van der Waals surface area contributed by atoms with Crippen LogP contribution < -0.4 is 5.73 Å². The first kappa shape index (κ1) is 13.2. The van der Waals surface area contributed by atoms with Gasteiger partial charge in [0.15, 0.2) is 11.5 Å². The third kappa shape index (κ3) is 2.76. The second kappa shape index (κ2) is 5.59. The molecule has 5 N–H and O–H groups in total. The Morgan fingerprint density at radius 1 is 1.06 bits per heavy atom. The van der Waals surface area contributed by atoms with Gasteiger partial charge in [-0.3, -0.25) is 0 Å². The second-order valence-corrected chi connectivity index (χ2v) is 5.16. The zero-order chi connectivity index (χ0) is 13.1. The Hall–Kier alpha value is -1.26. The van der Waals surface area contributed by atoms with E-state index in [1.54, 1.807) is 6.07 Å². The van der Waals surface area contributed by atoms with Gasteiger partial charge in [0.1, 0.15) is 0 Å². The summed E-state index contributed by atoms with van der Waals surface area (Å²) in [6.45, 7) is 0. The third-order valence-corrected chi connectivity index (χ3v) is 3.89. The normalized spacial score (nSPS) is 20.6. The van der Waals surface area contributed by atoms with Gasteiger partial charge in [0.2, 0.25) is 0 Å². The van der Waals surface area contributed by atoms with Gasteiger partial charge in [-0.25, -0.2) is 0 Å². The summed E-state index contributed by atoms with van der Waals surface area (Å²) in [5.74, 6) is -0.124. The van der Waals surface area contributed by atoms with E-state index in [1.165, 1.54) is 18.6 Å². The zero-order valence-corrected chi connectivity index (χ0v) is 10.4. The smallest absolute Gasteiger partial charge is 0.157 e. The van der Waals surface area contributed by atoms with Crippen molar-refractivity contribution in [2.24, 2.45) is 11.7 Å². The van der Waals surface area contributed by atoms with Crippen LogP contribution in [0.3, 0.4) is 0 Å². The molecule has 0 unspecified atom stereocenters. The van der Waals surface area contributed by atoms with Gasteiger partial charge >= 0.3 is 0 Å². The van der Waals surface area contributed by atoms with Crippen molar-refractivity contribution in [3.05, 3.63) is 23.8 Å². The lowest BCUT2D eigenvalue weighted by molar-refractivity contribution is 0.0617. The highest BCUT2D eigenvalue weighted by molar-refractivity contribution is 5.41. The van der Waals surface area contributed by atoms with Gasteiger partial charge in [-0.1, -0.05) is 25.3 Å². The molecule has 4 heteroatoms. The molecule has 4 nitrogen and oxygen atoms in total. The van der Waals surface area contributed by atoms with Crippen LogP contribution in [-0.2, 0) is 0 Å². The fourth-order valence-electron chi connectivity index (χ4n) is 2.71. The Balaban J connectivity index is 2.09. The summed E-state index contributed by atoms with van der Waals surface area (Å²) < 4.78 is 0. The number of rotatable bonds is 3. The summed E-state index contributed by atoms with van der Waals surface area (Å²) in [4.78, 5) is 0. The van der Waals surface area contributed by atoms with Crippen molar-refractivity contribution in [2.45, 2.75) is 44.2 Å². The minimum absolute atomic E-state index is 0.168. The first-order valence-corrected chi connectivity index (χ1v) is 6.55.